The summed E-state index contributed by atoms with van der Waals surface area (Å²) in [6.07, 6.45) is 7.00. The number of pyridine rings is 1. The van der Waals surface area contributed by atoms with Crippen LogP contribution in [0, 0.1) is 0 Å². The van der Waals surface area contributed by atoms with Gasteiger partial charge in [0.05, 0.1) is 6.21 Å². The van der Waals surface area contributed by atoms with Crippen LogP contribution in [0.5, 0.6) is 0 Å². The van der Waals surface area contributed by atoms with Gasteiger partial charge in [-0.2, -0.15) is 4.57 Å². The highest BCUT2D eigenvalue weighted by Gasteiger charge is 2.24. The Labute approximate surface area is 129 Å². The van der Waals surface area contributed by atoms with Crippen LogP contribution in [0.25, 0.3) is 0 Å². The van der Waals surface area contributed by atoms with E-state index in [1.54, 1.807) is 12.1 Å². The molecule has 0 saturated carbocycles. The predicted molar refractivity (Wildman–Crippen MR) is 83.1 cm³/mol. The number of para-hydroxylation sites is 1. The third-order valence-corrected chi connectivity index (χ3v) is 3.85. The fraction of sp³-hybridized carbons (Fsp3) is 0.235. The molecule has 22 heavy (non-hydrogen) atoms. The summed E-state index contributed by atoms with van der Waals surface area (Å²) in [7, 11) is 0. The van der Waals surface area contributed by atoms with Crippen molar-refractivity contribution in [2.75, 3.05) is 11.4 Å². The molecule has 0 radical (unpaired) electrons. The molecule has 0 aliphatic carbocycles. The van der Waals surface area contributed by atoms with Crippen molar-refractivity contribution in [1.82, 2.24) is 0 Å². The normalized spacial score (nSPS) is 14.1. The second-order valence-electron chi connectivity index (χ2n) is 5.33. The number of carbonyl (C=O) groups excluding carboxylic acids is 1. The number of nitrogens with zero attached hydrogens (tertiary/aromatic N) is 3. The largest absolute Gasteiger partial charge is 0.411 e. The minimum atomic E-state index is 0.0840. The number of rotatable bonds is 3. The lowest BCUT2D eigenvalue weighted by Gasteiger charge is -2.28. The quantitative estimate of drug-likeness (QED) is 0.406. The number of carbonyl (C=O) groups is 1. The maximum Gasteiger partial charge on any atom is 0.292 e. The van der Waals surface area contributed by atoms with Crippen molar-refractivity contribution in [2.24, 2.45) is 5.16 Å². The summed E-state index contributed by atoms with van der Waals surface area (Å²) in [5.74, 6) is 0.0840. The van der Waals surface area contributed by atoms with E-state index in [-0.39, 0.29) is 5.91 Å². The molecule has 5 heteroatoms. The molecule has 5 nitrogen and oxygen atoms in total. The van der Waals surface area contributed by atoms with Gasteiger partial charge in [0.1, 0.15) is 0 Å². The molecular formula is C17H18N3O2+. The summed E-state index contributed by atoms with van der Waals surface area (Å²) < 4.78 is 1.83. The highest BCUT2D eigenvalue weighted by Crippen LogP contribution is 2.26. The summed E-state index contributed by atoms with van der Waals surface area (Å²) in [6.45, 7) is 1.07. The Kier molecular flexibility index (Phi) is 4.14. The average molecular weight is 296 g/mol. The van der Waals surface area contributed by atoms with Gasteiger partial charge in [-0.25, -0.2) is 0 Å². The Morgan fingerprint density at radius 1 is 1.27 bits per heavy atom. The van der Waals surface area contributed by atoms with Gasteiger partial charge in [0.2, 0.25) is 6.54 Å². The van der Waals surface area contributed by atoms with Gasteiger partial charge in [-0.15, -0.1) is 0 Å². The number of aromatic nitrogens is 1. The molecule has 1 aromatic heterocycles. The molecule has 1 aliphatic heterocycles. The van der Waals surface area contributed by atoms with E-state index in [1.165, 1.54) is 11.8 Å². The molecule has 3 rings (SSSR count). The van der Waals surface area contributed by atoms with Crippen molar-refractivity contribution in [3.8, 4) is 0 Å². The third kappa shape index (κ3) is 2.98. The lowest BCUT2D eigenvalue weighted by atomic mass is 10.0. The fourth-order valence-electron chi connectivity index (χ4n) is 2.76. The van der Waals surface area contributed by atoms with Crippen molar-refractivity contribution >= 4 is 17.8 Å². The summed E-state index contributed by atoms with van der Waals surface area (Å²) >= 11 is 0. The smallest absolute Gasteiger partial charge is 0.292 e. The van der Waals surface area contributed by atoms with Crippen LogP contribution in [0.15, 0.2) is 53.9 Å². The van der Waals surface area contributed by atoms with Gasteiger partial charge in [-0.1, -0.05) is 23.4 Å². The first-order valence-electron chi connectivity index (χ1n) is 7.33. The Bertz CT molecular complexity index is 695. The Morgan fingerprint density at radius 2 is 2.05 bits per heavy atom. The zero-order valence-electron chi connectivity index (χ0n) is 12.2. The van der Waals surface area contributed by atoms with Crippen molar-refractivity contribution in [1.29, 1.82) is 0 Å². The predicted octanol–water partition coefficient (Wildman–Crippen LogP) is 1.76. The van der Waals surface area contributed by atoms with Crippen LogP contribution in [0.1, 0.15) is 17.5 Å². The molecule has 0 spiro atoms. The molecule has 1 aromatic carbocycles. The van der Waals surface area contributed by atoms with E-state index in [9.17, 15) is 4.79 Å². The maximum atomic E-state index is 12.6. The van der Waals surface area contributed by atoms with Gasteiger partial charge in [-0.05, 0) is 24.5 Å². The van der Waals surface area contributed by atoms with E-state index in [0.717, 1.165) is 30.6 Å². The van der Waals surface area contributed by atoms with Crippen molar-refractivity contribution in [2.45, 2.75) is 19.4 Å². The lowest BCUT2D eigenvalue weighted by molar-refractivity contribution is -0.684. The Balaban J connectivity index is 1.75. The van der Waals surface area contributed by atoms with E-state index in [0.29, 0.717) is 6.54 Å². The molecular weight excluding hydrogens is 278 g/mol. The van der Waals surface area contributed by atoms with Crippen molar-refractivity contribution in [3.63, 3.8) is 0 Å². The number of benzene rings is 1. The van der Waals surface area contributed by atoms with Gasteiger partial charge < -0.3 is 10.1 Å². The first-order valence-corrected chi connectivity index (χ1v) is 7.33. The monoisotopic (exact) mass is 296 g/mol. The molecule has 2 heterocycles. The fourth-order valence-corrected chi connectivity index (χ4v) is 2.76. The average Bonchev–Trinajstić information content (AvgIpc) is 2.56. The van der Waals surface area contributed by atoms with Crippen LogP contribution < -0.4 is 9.47 Å². The molecule has 1 aliphatic rings. The minimum absolute atomic E-state index is 0.0840. The zero-order chi connectivity index (χ0) is 15.4. The number of hydrogen-bond donors (Lipinski definition) is 1. The molecule has 112 valence electrons. The van der Waals surface area contributed by atoms with E-state index in [4.69, 9.17) is 5.21 Å². The molecule has 0 saturated heterocycles. The molecule has 0 bridgehead atoms. The van der Waals surface area contributed by atoms with Crippen LogP contribution in [0.2, 0.25) is 0 Å². The van der Waals surface area contributed by atoms with Crippen LogP contribution in [0.3, 0.4) is 0 Å². The maximum absolute atomic E-state index is 12.6. The summed E-state index contributed by atoms with van der Waals surface area (Å²) in [5.41, 5.74) is 3.06. The second-order valence-corrected chi connectivity index (χ2v) is 5.33. The molecule has 0 unspecified atom stereocenters. The first kappa shape index (κ1) is 14.3. The molecule has 0 fully saturated rings. The van der Waals surface area contributed by atoms with Gasteiger partial charge >= 0.3 is 0 Å². The highest BCUT2D eigenvalue weighted by molar-refractivity contribution is 5.93. The third-order valence-electron chi connectivity index (χ3n) is 3.85. The first-order chi connectivity index (χ1) is 10.8. The van der Waals surface area contributed by atoms with Gasteiger partial charge in [0.25, 0.3) is 5.91 Å². The van der Waals surface area contributed by atoms with E-state index < -0.39 is 0 Å². The van der Waals surface area contributed by atoms with Gasteiger partial charge in [0, 0.05) is 29.9 Å². The number of anilines is 1. The van der Waals surface area contributed by atoms with E-state index in [1.807, 2.05) is 40.1 Å². The highest BCUT2D eigenvalue weighted by atomic mass is 16.4. The molecule has 2 aromatic rings. The molecule has 1 N–H and O–H groups in total. The summed E-state index contributed by atoms with van der Waals surface area (Å²) in [6, 6.07) is 11.7. The molecule has 0 atom stereocenters. The Morgan fingerprint density at radius 3 is 2.82 bits per heavy atom. The number of aryl methyl sites for hydroxylation is 1. The molecule has 1 amide bonds. The van der Waals surface area contributed by atoms with Crippen LogP contribution in [-0.2, 0) is 17.8 Å². The summed E-state index contributed by atoms with van der Waals surface area (Å²) in [4.78, 5) is 14.4. The van der Waals surface area contributed by atoms with Crippen molar-refractivity contribution in [3.05, 3.63) is 59.9 Å². The number of fused-ring (bicyclic) bond motifs is 1. The van der Waals surface area contributed by atoms with Gasteiger partial charge in [-0.3, -0.25) is 4.79 Å². The number of hydrogen-bond acceptors (Lipinski definition) is 3. The van der Waals surface area contributed by atoms with E-state index >= 15 is 0 Å². The number of amides is 1. The SMILES string of the molecule is O=C(C[n+]1ccc(C=NO)cc1)N1CCCc2ccccc21. The van der Waals surface area contributed by atoms with Crippen LogP contribution in [-0.4, -0.2) is 23.9 Å². The second kappa shape index (κ2) is 6.39. The van der Waals surface area contributed by atoms with E-state index in [2.05, 4.69) is 11.2 Å². The summed E-state index contributed by atoms with van der Waals surface area (Å²) in [5, 5.41) is 11.5. The number of oxime groups is 1. The Hall–Kier alpha value is -2.69. The minimum Gasteiger partial charge on any atom is -0.411 e. The van der Waals surface area contributed by atoms with Crippen LogP contribution >= 0.6 is 0 Å². The van der Waals surface area contributed by atoms with Crippen LogP contribution in [0.4, 0.5) is 5.69 Å². The zero-order valence-corrected chi connectivity index (χ0v) is 12.2. The topological polar surface area (TPSA) is 56.8 Å². The van der Waals surface area contributed by atoms with Gasteiger partial charge in [0.15, 0.2) is 12.4 Å². The lowest BCUT2D eigenvalue weighted by Crippen LogP contribution is -2.46. The van der Waals surface area contributed by atoms with Crippen molar-refractivity contribution < 1.29 is 14.6 Å². The standard InChI is InChI=1S/C17H17N3O2/c21-17(13-19-10-7-14(8-11-19)12-18-22)20-9-3-5-15-4-1-2-6-16(15)20/h1-2,4,6-8,10-12H,3,5,9,13H2/p+1.